The minimum absolute atomic E-state index is 0.297. The molecular weight excluding hydrogens is 194 g/mol. The minimum Gasteiger partial charge on any atom is -0.343 e. The zero-order valence-corrected chi connectivity index (χ0v) is 7.73. The Labute approximate surface area is 69.7 Å². The lowest BCUT2D eigenvalue weighted by atomic mass is 10.2. The van der Waals surface area contributed by atoms with Gasteiger partial charge >= 0.3 is 0 Å². The Morgan fingerprint density at radius 1 is 1.80 bits per heavy atom. The number of amides is 1. The SMILES string of the molecule is CN1C(=O)CC[C@H]1CCBr. The summed E-state index contributed by atoms with van der Waals surface area (Å²) >= 11 is 3.37. The molecule has 1 amide bonds. The smallest absolute Gasteiger partial charge is 0.222 e. The third-order valence-corrected chi connectivity index (χ3v) is 2.53. The number of alkyl halides is 1. The Morgan fingerprint density at radius 2 is 2.50 bits per heavy atom. The summed E-state index contributed by atoms with van der Waals surface area (Å²) in [6, 6.07) is 0.492. The number of carbonyl (C=O) groups excluding carboxylic acids is 1. The zero-order valence-electron chi connectivity index (χ0n) is 6.14. The normalized spacial score (nSPS) is 26.0. The van der Waals surface area contributed by atoms with Crippen LogP contribution in [0, 0.1) is 0 Å². The zero-order chi connectivity index (χ0) is 7.56. The molecule has 0 N–H and O–H groups in total. The van der Waals surface area contributed by atoms with Crippen molar-refractivity contribution in [3.05, 3.63) is 0 Å². The molecule has 0 spiro atoms. The van der Waals surface area contributed by atoms with E-state index in [1.165, 1.54) is 0 Å². The van der Waals surface area contributed by atoms with Gasteiger partial charge in [0.25, 0.3) is 0 Å². The highest BCUT2D eigenvalue weighted by Gasteiger charge is 2.26. The first kappa shape index (κ1) is 8.05. The van der Waals surface area contributed by atoms with Crippen molar-refractivity contribution in [2.75, 3.05) is 12.4 Å². The molecule has 0 aromatic heterocycles. The van der Waals surface area contributed by atoms with Gasteiger partial charge in [0, 0.05) is 24.8 Å². The summed E-state index contributed by atoms with van der Waals surface area (Å²) in [7, 11) is 1.89. The van der Waals surface area contributed by atoms with Crippen LogP contribution in [0.4, 0.5) is 0 Å². The maximum atomic E-state index is 11.0. The lowest BCUT2D eigenvalue weighted by Gasteiger charge is -2.17. The van der Waals surface area contributed by atoms with Crippen LogP contribution in [0.25, 0.3) is 0 Å². The van der Waals surface area contributed by atoms with E-state index in [0.29, 0.717) is 11.9 Å². The van der Waals surface area contributed by atoms with Crippen molar-refractivity contribution >= 4 is 21.8 Å². The number of halogens is 1. The highest BCUT2D eigenvalue weighted by molar-refractivity contribution is 9.09. The van der Waals surface area contributed by atoms with Crippen LogP contribution in [-0.2, 0) is 4.79 Å². The Morgan fingerprint density at radius 3 is 2.90 bits per heavy atom. The van der Waals surface area contributed by atoms with Gasteiger partial charge < -0.3 is 4.90 Å². The van der Waals surface area contributed by atoms with E-state index in [2.05, 4.69) is 15.9 Å². The molecule has 0 saturated carbocycles. The summed E-state index contributed by atoms with van der Waals surface area (Å²) in [6.07, 6.45) is 2.87. The van der Waals surface area contributed by atoms with Crippen molar-refractivity contribution in [3.8, 4) is 0 Å². The van der Waals surface area contributed by atoms with Gasteiger partial charge in [0.2, 0.25) is 5.91 Å². The lowest BCUT2D eigenvalue weighted by Crippen LogP contribution is -2.28. The Kier molecular flexibility index (Phi) is 2.72. The second-order valence-electron chi connectivity index (χ2n) is 2.67. The van der Waals surface area contributed by atoms with Gasteiger partial charge in [-0.2, -0.15) is 0 Å². The second-order valence-corrected chi connectivity index (χ2v) is 3.47. The Bertz CT molecular complexity index is 138. The topological polar surface area (TPSA) is 20.3 Å². The molecule has 2 nitrogen and oxygen atoms in total. The van der Waals surface area contributed by atoms with Crippen LogP contribution in [-0.4, -0.2) is 29.2 Å². The van der Waals surface area contributed by atoms with E-state index in [4.69, 9.17) is 0 Å². The van der Waals surface area contributed by atoms with E-state index in [1.54, 1.807) is 0 Å². The average molecular weight is 206 g/mol. The van der Waals surface area contributed by atoms with Crippen molar-refractivity contribution in [1.82, 2.24) is 4.90 Å². The van der Waals surface area contributed by atoms with Crippen molar-refractivity contribution in [2.45, 2.75) is 25.3 Å². The number of nitrogens with zero attached hydrogens (tertiary/aromatic N) is 1. The summed E-state index contributed by atoms with van der Waals surface area (Å²) in [4.78, 5) is 12.8. The van der Waals surface area contributed by atoms with E-state index in [0.717, 1.165) is 24.6 Å². The van der Waals surface area contributed by atoms with Gasteiger partial charge in [-0.05, 0) is 12.8 Å². The van der Waals surface area contributed by atoms with Gasteiger partial charge in [-0.15, -0.1) is 0 Å². The first-order valence-corrected chi connectivity index (χ1v) is 4.69. The van der Waals surface area contributed by atoms with Crippen LogP contribution in [0.3, 0.4) is 0 Å². The maximum absolute atomic E-state index is 11.0. The van der Waals surface area contributed by atoms with Gasteiger partial charge in [0.1, 0.15) is 0 Å². The van der Waals surface area contributed by atoms with E-state index < -0.39 is 0 Å². The largest absolute Gasteiger partial charge is 0.343 e. The fourth-order valence-electron chi connectivity index (χ4n) is 1.33. The van der Waals surface area contributed by atoms with Crippen LogP contribution >= 0.6 is 15.9 Å². The molecule has 1 heterocycles. The first-order chi connectivity index (χ1) is 4.75. The summed E-state index contributed by atoms with van der Waals surface area (Å²) in [5, 5.41) is 0.995. The molecule has 10 heavy (non-hydrogen) atoms. The standard InChI is InChI=1S/C7H12BrNO/c1-9-6(4-5-8)2-3-7(9)10/h6H,2-5H2,1H3/t6-/m0/s1. The molecule has 1 fully saturated rings. The summed E-state index contributed by atoms with van der Waals surface area (Å²) in [6.45, 7) is 0. The number of likely N-dealkylation sites (tertiary alicyclic amines) is 1. The predicted molar refractivity (Wildman–Crippen MR) is 44.2 cm³/mol. The molecule has 0 aromatic rings. The molecule has 1 atom stereocenters. The van der Waals surface area contributed by atoms with E-state index in [1.807, 2.05) is 11.9 Å². The Hall–Kier alpha value is -0.0500. The third kappa shape index (κ3) is 1.51. The molecule has 58 valence electrons. The van der Waals surface area contributed by atoms with Crippen molar-refractivity contribution < 1.29 is 4.79 Å². The molecule has 0 unspecified atom stereocenters. The van der Waals surface area contributed by atoms with Crippen LogP contribution in [0.2, 0.25) is 0 Å². The van der Waals surface area contributed by atoms with Crippen LogP contribution < -0.4 is 0 Å². The predicted octanol–water partition coefficient (Wildman–Crippen LogP) is 1.39. The molecule has 0 bridgehead atoms. The van der Waals surface area contributed by atoms with Crippen molar-refractivity contribution in [3.63, 3.8) is 0 Å². The van der Waals surface area contributed by atoms with Gasteiger partial charge in [-0.3, -0.25) is 4.79 Å². The Balaban J connectivity index is 2.41. The summed E-state index contributed by atoms with van der Waals surface area (Å²) < 4.78 is 0. The van der Waals surface area contributed by atoms with Crippen LogP contribution in [0.15, 0.2) is 0 Å². The summed E-state index contributed by atoms with van der Waals surface area (Å²) in [5.74, 6) is 0.297. The number of hydrogen-bond donors (Lipinski definition) is 0. The van der Waals surface area contributed by atoms with Crippen molar-refractivity contribution in [1.29, 1.82) is 0 Å². The highest BCUT2D eigenvalue weighted by atomic mass is 79.9. The van der Waals surface area contributed by atoms with Gasteiger partial charge in [0.05, 0.1) is 0 Å². The molecule has 0 aromatic carbocycles. The maximum Gasteiger partial charge on any atom is 0.222 e. The molecule has 1 aliphatic heterocycles. The highest BCUT2D eigenvalue weighted by Crippen LogP contribution is 2.19. The second kappa shape index (κ2) is 3.37. The van der Waals surface area contributed by atoms with Gasteiger partial charge in [-0.25, -0.2) is 0 Å². The molecular formula is C7H12BrNO. The van der Waals surface area contributed by atoms with Crippen LogP contribution in [0.5, 0.6) is 0 Å². The molecule has 1 aliphatic rings. The monoisotopic (exact) mass is 205 g/mol. The van der Waals surface area contributed by atoms with E-state index in [-0.39, 0.29) is 0 Å². The number of rotatable bonds is 2. The number of carbonyl (C=O) groups is 1. The van der Waals surface area contributed by atoms with Crippen LogP contribution in [0.1, 0.15) is 19.3 Å². The third-order valence-electron chi connectivity index (χ3n) is 2.07. The van der Waals surface area contributed by atoms with Crippen molar-refractivity contribution in [2.24, 2.45) is 0 Å². The molecule has 1 rings (SSSR count). The van der Waals surface area contributed by atoms with Gasteiger partial charge in [-0.1, -0.05) is 15.9 Å². The molecule has 0 radical (unpaired) electrons. The number of hydrogen-bond acceptors (Lipinski definition) is 1. The lowest BCUT2D eigenvalue weighted by molar-refractivity contribution is -0.127. The molecule has 3 heteroatoms. The first-order valence-electron chi connectivity index (χ1n) is 3.57. The minimum atomic E-state index is 0.297. The molecule has 0 aliphatic carbocycles. The average Bonchev–Trinajstić information content (AvgIpc) is 2.20. The van der Waals surface area contributed by atoms with E-state index >= 15 is 0 Å². The fourth-order valence-corrected chi connectivity index (χ4v) is 1.86. The molecule has 1 saturated heterocycles. The fraction of sp³-hybridized carbons (Fsp3) is 0.857. The van der Waals surface area contributed by atoms with E-state index in [9.17, 15) is 4.79 Å². The summed E-state index contributed by atoms with van der Waals surface area (Å²) in [5.41, 5.74) is 0. The van der Waals surface area contributed by atoms with Gasteiger partial charge in [0.15, 0.2) is 0 Å². The quantitative estimate of drug-likeness (QED) is 0.625.